The first-order valence-electron chi connectivity index (χ1n) is 8.28. The van der Waals surface area contributed by atoms with Crippen molar-refractivity contribution in [3.05, 3.63) is 34.9 Å². The second-order valence-corrected chi connectivity index (χ2v) is 5.94. The quantitative estimate of drug-likeness (QED) is 0.567. The lowest BCUT2D eigenvalue weighted by molar-refractivity contribution is 0.0485. The summed E-state index contributed by atoms with van der Waals surface area (Å²) in [6.45, 7) is 15.4. The molecule has 3 N–H and O–H groups in total. The summed E-state index contributed by atoms with van der Waals surface area (Å²) in [5.74, 6) is 6.03. The van der Waals surface area contributed by atoms with Gasteiger partial charge in [0.15, 0.2) is 0 Å². The summed E-state index contributed by atoms with van der Waals surface area (Å²) in [5.41, 5.74) is 7.11. The van der Waals surface area contributed by atoms with Crippen LogP contribution in [0.25, 0.3) is 0 Å². The molecule has 0 amide bonds. The predicted octanol–water partition coefficient (Wildman–Crippen LogP) is 3.71. The van der Waals surface area contributed by atoms with Crippen LogP contribution in [0.5, 0.6) is 0 Å². The molecule has 1 aromatic rings. The maximum atomic E-state index is 6.03. The number of hydrogen-bond donors (Lipinski definition) is 2. The zero-order valence-corrected chi connectivity index (χ0v) is 14.7. The third kappa shape index (κ3) is 3.47. The van der Waals surface area contributed by atoms with Gasteiger partial charge in [-0.2, -0.15) is 0 Å². The number of nitrogens with zero attached hydrogens (tertiary/aromatic N) is 1. The highest BCUT2D eigenvalue weighted by Crippen LogP contribution is 2.38. The topological polar surface area (TPSA) is 41.3 Å². The van der Waals surface area contributed by atoms with E-state index in [0.717, 1.165) is 25.9 Å². The van der Waals surface area contributed by atoms with Gasteiger partial charge in [0.1, 0.15) is 0 Å². The molecule has 0 heterocycles. The zero-order chi connectivity index (χ0) is 16.0. The molecule has 0 saturated carbocycles. The number of likely N-dealkylation sites (N-methyl/N-ethyl adjacent to an activating group) is 1. The zero-order valence-electron chi connectivity index (χ0n) is 14.7. The number of rotatable bonds is 8. The van der Waals surface area contributed by atoms with Crippen LogP contribution in [0, 0.1) is 13.8 Å². The first kappa shape index (κ1) is 18.1. The standard InChI is InChI=1S/C18H33N3/c1-7-18(8-2,21(9-3)10-4)17(20-19)16-13-14(5)11-12-15(16)6/h11-13,17,20H,7-10,19H2,1-6H3. The molecule has 3 nitrogen and oxygen atoms in total. The molecule has 1 atom stereocenters. The molecule has 1 rings (SSSR count). The van der Waals surface area contributed by atoms with Crippen molar-refractivity contribution in [2.45, 2.75) is 66.0 Å². The van der Waals surface area contributed by atoms with Crippen molar-refractivity contribution >= 4 is 0 Å². The molecule has 0 fully saturated rings. The van der Waals surface area contributed by atoms with Crippen molar-refractivity contribution in [3.63, 3.8) is 0 Å². The summed E-state index contributed by atoms with van der Waals surface area (Å²) in [7, 11) is 0. The van der Waals surface area contributed by atoms with Gasteiger partial charge in [0, 0.05) is 5.54 Å². The number of benzene rings is 1. The third-order valence-corrected chi connectivity index (χ3v) is 5.07. The van der Waals surface area contributed by atoms with Crippen LogP contribution in [0.3, 0.4) is 0 Å². The fraction of sp³-hybridized carbons (Fsp3) is 0.667. The highest BCUT2D eigenvalue weighted by molar-refractivity contribution is 5.35. The normalized spacial score (nSPS) is 13.7. The van der Waals surface area contributed by atoms with Crippen molar-refractivity contribution in [3.8, 4) is 0 Å². The Morgan fingerprint density at radius 2 is 1.67 bits per heavy atom. The van der Waals surface area contributed by atoms with Crippen LogP contribution in [0.15, 0.2) is 18.2 Å². The largest absolute Gasteiger partial charge is 0.296 e. The molecule has 1 aromatic carbocycles. The lowest BCUT2D eigenvalue weighted by Gasteiger charge is -2.48. The summed E-state index contributed by atoms with van der Waals surface area (Å²) in [4.78, 5) is 2.55. The molecule has 0 aliphatic rings. The fourth-order valence-corrected chi connectivity index (χ4v) is 3.75. The molecule has 0 aliphatic carbocycles. The molecule has 21 heavy (non-hydrogen) atoms. The molecule has 0 bridgehead atoms. The Kier molecular flexibility index (Phi) is 6.85. The van der Waals surface area contributed by atoms with Crippen molar-refractivity contribution in [2.24, 2.45) is 5.84 Å². The summed E-state index contributed by atoms with van der Waals surface area (Å²) < 4.78 is 0. The van der Waals surface area contributed by atoms with Crippen LogP contribution in [-0.2, 0) is 0 Å². The number of nitrogens with two attached hydrogens (primary N) is 1. The van der Waals surface area contributed by atoms with Gasteiger partial charge in [-0.1, -0.05) is 51.5 Å². The van der Waals surface area contributed by atoms with Gasteiger partial charge in [0.05, 0.1) is 6.04 Å². The SMILES string of the molecule is CCN(CC)C(CC)(CC)C(NN)c1cc(C)ccc1C. The van der Waals surface area contributed by atoms with E-state index >= 15 is 0 Å². The first-order valence-corrected chi connectivity index (χ1v) is 8.28. The minimum atomic E-state index is 0.0524. The van der Waals surface area contributed by atoms with Crippen LogP contribution in [0.2, 0.25) is 0 Å². The first-order chi connectivity index (χ1) is 10.00. The maximum absolute atomic E-state index is 6.03. The van der Waals surface area contributed by atoms with Crippen LogP contribution in [-0.4, -0.2) is 23.5 Å². The Balaban J connectivity index is 3.40. The van der Waals surface area contributed by atoms with Gasteiger partial charge >= 0.3 is 0 Å². The Labute approximate surface area is 130 Å². The van der Waals surface area contributed by atoms with E-state index in [-0.39, 0.29) is 11.6 Å². The highest BCUT2D eigenvalue weighted by atomic mass is 15.3. The van der Waals surface area contributed by atoms with Gasteiger partial charge < -0.3 is 0 Å². The minimum Gasteiger partial charge on any atom is -0.296 e. The van der Waals surface area contributed by atoms with E-state index < -0.39 is 0 Å². The van der Waals surface area contributed by atoms with Gasteiger partial charge in [0.2, 0.25) is 0 Å². The van der Waals surface area contributed by atoms with E-state index in [0.29, 0.717) is 0 Å². The highest BCUT2D eigenvalue weighted by Gasteiger charge is 2.40. The number of hydrazine groups is 1. The van der Waals surface area contributed by atoms with Crippen molar-refractivity contribution < 1.29 is 0 Å². The van der Waals surface area contributed by atoms with Crippen LogP contribution in [0.4, 0.5) is 0 Å². The second kappa shape index (κ2) is 7.92. The van der Waals surface area contributed by atoms with Crippen molar-refractivity contribution in [1.29, 1.82) is 0 Å². The summed E-state index contributed by atoms with van der Waals surface area (Å²) in [6, 6.07) is 6.80. The molecule has 0 spiro atoms. The molecular weight excluding hydrogens is 258 g/mol. The van der Waals surface area contributed by atoms with Crippen molar-refractivity contribution in [1.82, 2.24) is 10.3 Å². The van der Waals surface area contributed by atoms with Crippen molar-refractivity contribution in [2.75, 3.05) is 13.1 Å². The van der Waals surface area contributed by atoms with E-state index in [4.69, 9.17) is 5.84 Å². The Morgan fingerprint density at radius 3 is 2.10 bits per heavy atom. The van der Waals surface area contributed by atoms with E-state index in [1.54, 1.807) is 0 Å². The Bertz CT molecular complexity index is 434. The fourth-order valence-electron chi connectivity index (χ4n) is 3.75. The van der Waals surface area contributed by atoms with Gasteiger partial charge in [0.25, 0.3) is 0 Å². The van der Waals surface area contributed by atoms with E-state index in [1.165, 1.54) is 16.7 Å². The van der Waals surface area contributed by atoms with Gasteiger partial charge in [-0.25, -0.2) is 0 Å². The molecule has 0 saturated heterocycles. The molecule has 3 heteroatoms. The Hall–Kier alpha value is -0.900. The van der Waals surface area contributed by atoms with Gasteiger partial charge in [-0.3, -0.25) is 16.2 Å². The van der Waals surface area contributed by atoms with Crippen LogP contribution >= 0.6 is 0 Å². The smallest absolute Gasteiger partial charge is 0.0646 e. The van der Waals surface area contributed by atoms with E-state index in [1.807, 2.05) is 0 Å². The maximum Gasteiger partial charge on any atom is 0.0646 e. The monoisotopic (exact) mass is 291 g/mol. The average molecular weight is 291 g/mol. The molecule has 0 aromatic heterocycles. The number of aryl methyl sites for hydroxylation is 2. The molecule has 120 valence electrons. The second-order valence-electron chi connectivity index (χ2n) is 5.94. The van der Waals surface area contributed by atoms with Gasteiger partial charge in [-0.05, 0) is 50.9 Å². The van der Waals surface area contributed by atoms with E-state index in [2.05, 4.69) is 70.1 Å². The average Bonchev–Trinajstić information content (AvgIpc) is 2.50. The summed E-state index contributed by atoms with van der Waals surface area (Å²) >= 11 is 0. The van der Waals surface area contributed by atoms with E-state index in [9.17, 15) is 0 Å². The molecular formula is C18H33N3. The number of hydrogen-bond acceptors (Lipinski definition) is 3. The molecule has 0 aliphatic heterocycles. The van der Waals surface area contributed by atoms with Crippen LogP contribution < -0.4 is 11.3 Å². The Morgan fingerprint density at radius 1 is 1.10 bits per heavy atom. The van der Waals surface area contributed by atoms with Gasteiger partial charge in [-0.15, -0.1) is 0 Å². The minimum absolute atomic E-state index is 0.0524. The lowest BCUT2D eigenvalue weighted by Crippen LogP contribution is -2.57. The lowest BCUT2D eigenvalue weighted by atomic mass is 9.78. The predicted molar refractivity (Wildman–Crippen MR) is 92.2 cm³/mol. The molecule has 1 unspecified atom stereocenters. The number of nitrogens with one attached hydrogen (secondary N) is 1. The summed E-state index contributed by atoms with van der Waals surface area (Å²) in [5, 5.41) is 0. The van der Waals surface area contributed by atoms with Crippen LogP contribution in [0.1, 0.15) is 63.3 Å². The third-order valence-electron chi connectivity index (χ3n) is 5.07. The summed E-state index contributed by atoms with van der Waals surface area (Å²) in [6.07, 6.45) is 2.15. The molecule has 0 radical (unpaired) electrons.